The van der Waals surface area contributed by atoms with Crippen LogP contribution in [-0.2, 0) is 0 Å². The quantitative estimate of drug-likeness (QED) is 0.665. The Hall–Kier alpha value is -2.05. The second-order valence-corrected chi connectivity index (χ2v) is 5.80. The van der Waals surface area contributed by atoms with Crippen molar-refractivity contribution in [3.05, 3.63) is 33.7 Å². The zero-order chi connectivity index (χ0) is 15.9. The van der Waals surface area contributed by atoms with Gasteiger partial charge >= 0.3 is 0 Å². The molecule has 3 rings (SSSR count). The molecule has 1 aromatic carbocycles. The maximum Gasteiger partial charge on any atom is 0.196 e. The maximum atomic E-state index is 12.2. The fourth-order valence-electron chi connectivity index (χ4n) is 3.29. The van der Waals surface area contributed by atoms with Gasteiger partial charge in [0.15, 0.2) is 5.43 Å². The Labute approximate surface area is 127 Å². The number of benzene rings is 1. The Bertz CT molecular complexity index is 767. The Morgan fingerprint density at radius 3 is 2.82 bits per heavy atom. The van der Waals surface area contributed by atoms with Gasteiger partial charge in [-0.05, 0) is 25.8 Å². The van der Waals surface area contributed by atoms with Crippen LogP contribution in [-0.4, -0.2) is 35.0 Å². The van der Waals surface area contributed by atoms with E-state index < -0.39 is 0 Å². The summed E-state index contributed by atoms with van der Waals surface area (Å²) in [6.07, 6.45) is 0.705. The smallest absolute Gasteiger partial charge is 0.196 e. The molecule has 2 heterocycles. The fourth-order valence-corrected chi connectivity index (χ4v) is 3.29. The molecule has 6 heteroatoms. The first-order valence-electron chi connectivity index (χ1n) is 7.33. The summed E-state index contributed by atoms with van der Waals surface area (Å²) in [4.78, 5) is 12.2. The van der Waals surface area contributed by atoms with Gasteiger partial charge in [-0.2, -0.15) is 0 Å². The molecule has 1 aromatic heterocycles. The predicted molar refractivity (Wildman–Crippen MR) is 81.4 cm³/mol. The zero-order valence-corrected chi connectivity index (χ0v) is 12.3. The minimum Gasteiger partial charge on any atom is -0.507 e. The second kappa shape index (κ2) is 5.62. The van der Waals surface area contributed by atoms with Crippen molar-refractivity contribution in [2.45, 2.75) is 19.3 Å². The van der Waals surface area contributed by atoms with Crippen molar-refractivity contribution in [2.24, 2.45) is 5.92 Å². The number of hydrogen-bond donors (Lipinski definition) is 4. The van der Waals surface area contributed by atoms with E-state index in [9.17, 15) is 20.1 Å². The lowest BCUT2D eigenvalue weighted by atomic mass is 9.80. The molecule has 4 N–H and O–H groups in total. The number of aryl methyl sites for hydroxylation is 1. The molecule has 118 valence electrons. The normalized spacial score (nSPS) is 22.1. The highest BCUT2D eigenvalue weighted by Gasteiger charge is 2.31. The molecule has 1 saturated heterocycles. The Balaban J connectivity index is 2.31. The molecule has 0 radical (unpaired) electrons. The SMILES string of the molecule is Cc1cc(=O)c2c(O)cc(O)c(C3CCNCC3CO)c2o1. The van der Waals surface area contributed by atoms with E-state index in [0.29, 0.717) is 24.3 Å². The Kier molecular flexibility index (Phi) is 3.80. The molecular formula is C16H19NO5. The number of hydrogen-bond acceptors (Lipinski definition) is 6. The molecule has 6 nitrogen and oxygen atoms in total. The van der Waals surface area contributed by atoms with E-state index in [4.69, 9.17) is 4.42 Å². The highest BCUT2D eigenvalue weighted by Crippen LogP contribution is 2.42. The first-order valence-corrected chi connectivity index (χ1v) is 7.33. The van der Waals surface area contributed by atoms with Crippen molar-refractivity contribution < 1.29 is 19.7 Å². The van der Waals surface area contributed by atoms with Gasteiger partial charge in [0, 0.05) is 36.8 Å². The number of piperidine rings is 1. The Morgan fingerprint density at radius 1 is 1.32 bits per heavy atom. The van der Waals surface area contributed by atoms with Gasteiger partial charge in [-0.3, -0.25) is 4.79 Å². The van der Waals surface area contributed by atoms with Gasteiger partial charge in [0.05, 0.1) is 0 Å². The molecule has 2 atom stereocenters. The summed E-state index contributed by atoms with van der Waals surface area (Å²) in [5.74, 6) is -0.209. The van der Waals surface area contributed by atoms with Crippen LogP contribution in [0, 0.1) is 12.8 Å². The predicted octanol–water partition coefficient (Wildman–Crippen LogP) is 1.20. The molecule has 22 heavy (non-hydrogen) atoms. The standard InChI is InChI=1S/C16H19NO5/c1-8-4-11(19)15-13(21)5-12(20)14(16(15)22-8)10-2-3-17-6-9(10)7-18/h4-5,9-10,17-18,20-21H,2-3,6-7H2,1H3. The molecule has 0 saturated carbocycles. The van der Waals surface area contributed by atoms with Crippen molar-refractivity contribution in [1.29, 1.82) is 0 Å². The van der Waals surface area contributed by atoms with Gasteiger partial charge in [-0.15, -0.1) is 0 Å². The summed E-state index contributed by atoms with van der Waals surface area (Å²) in [6, 6.07) is 2.50. The Morgan fingerprint density at radius 2 is 2.09 bits per heavy atom. The van der Waals surface area contributed by atoms with Crippen LogP contribution in [0.1, 0.15) is 23.7 Å². The van der Waals surface area contributed by atoms with E-state index >= 15 is 0 Å². The number of aliphatic hydroxyl groups excluding tert-OH is 1. The molecule has 0 aliphatic carbocycles. The van der Waals surface area contributed by atoms with Crippen LogP contribution in [0.5, 0.6) is 11.5 Å². The van der Waals surface area contributed by atoms with Crippen LogP contribution in [0.2, 0.25) is 0 Å². The van der Waals surface area contributed by atoms with Gasteiger partial charge in [0.25, 0.3) is 0 Å². The molecular weight excluding hydrogens is 286 g/mol. The van der Waals surface area contributed by atoms with Crippen molar-refractivity contribution in [3.8, 4) is 11.5 Å². The molecule has 0 bridgehead atoms. The van der Waals surface area contributed by atoms with Crippen LogP contribution < -0.4 is 10.7 Å². The highest BCUT2D eigenvalue weighted by atomic mass is 16.3. The van der Waals surface area contributed by atoms with Crippen LogP contribution in [0.4, 0.5) is 0 Å². The van der Waals surface area contributed by atoms with Gasteiger partial charge < -0.3 is 25.1 Å². The number of aliphatic hydroxyl groups is 1. The zero-order valence-electron chi connectivity index (χ0n) is 12.3. The molecule has 2 unspecified atom stereocenters. The maximum absolute atomic E-state index is 12.2. The fraction of sp³-hybridized carbons (Fsp3) is 0.438. The number of nitrogens with one attached hydrogen (secondary N) is 1. The van der Waals surface area contributed by atoms with E-state index in [-0.39, 0.29) is 46.3 Å². The van der Waals surface area contributed by atoms with E-state index in [1.165, 1.54) is 12.1 Å². The van der Waals surface area contributed by atoms with Crippen molar-refractivity contribution in [2.75, 3.05) is 19.7 Å². The monoisotopic (exact) mass is 305 g/mol. The summed E-state index contributed by atoms with van der Waals surface area (Å²) in [7, 11) is 0. The third-order valence-corrected chi connectivity index (χ3v) is 4.33. The van der Waals surface area contributed by atoms with E-state index in [1.54, 1.807) is 6.92 Å². The number of fused-ring (bicyclic) bond motifs is 1. The van der Waals surface area contributed by atoms with Gasteiger partial charge in [0.2, 0.25) is 0 Å². The summed E-state index contributed by atoms with van der Waals surface area (Å²) >= 11 is 0. The average Bonchev–Trinajstić information content (AvgIpc) is 2.46. The number of aromatic hydroxyl groups is 2. The van der Waals surface area contributed by atoms with Crippen LogP contribution in [0.25, 0.3) is 11.0 Å². The minimum atomic E-state index is -0.341. The largest absolute Gasteiger partial charge is 0.507 e. The minimum absolute atomic E-state index is 0.0322. The lowest BCUT2D eigenvalue weighted by molar-refractivity contribution is 0.178. The first kappa shape index (κ1) is 14.9. The average molecular weight is 305 g/mol. The van der Waals surface area contributed by atoms with E-state index in [2.05, 4.69) is 5.32 Å². The topological polar surface area (TPSA) is 103 Å². The summed E-state index contributed by atoms with van der Waals surface area (Å²) in [6.45, 7) is 2.99. The lowest BCUT2D eigenvalue weighted by Gasteiger charge is -2.31. The first-order chi connectivity index (χ1) is 10.5. The number of rotatable bonds is 2. The summed E-state index contributed by atoms with van der Waals surface area (Å²) in [5, 5.41) is 33.2. The third-order valence-electron chi connectivity index (χ3n) is 4.33. The highest BCUT2D eigenvalue weighted by molar-refractivity contribution is 5.88. The van der Waals surface area contributed by atoms with E-state index in [1.807, 2.05) is 0 Å². The summed E-state index contributed by atoms with van der Waals surface area (Å²) in [5.41, 5.74) is 0.369. The van der Waals surface area contributed by atoms with Crippen molar-refractivity contribution >= 4 is 11.0 Å². The van der Waals surface area contributed by atoms with Crippen LogP contribution >= 0.6 is 0 Å². The molecule has 0 spiro atoms. The van der Waals surface area contributed by atoms with Crippen molar-refractivity contribution in [1.82, 2.24) is 5.32 Å². The van der Waals surface area contributed by atoms with Crippen LogP contribution in [0.15, 0.2) is 21.3 Å². The molecule has 0 amide bonds. The van der Waals surface area contributed by atoms with Crippen molar-refractivity contribution in [3.63, 3.8) is 0 Å². The number of phenols is 2. The molecule has 1 fully saturated rings. The van der Waals surface area contributed by atoms with Gasteiger partial charge in [-0.1, -0.05) is 0 Å². The second-order valence-electron chi connectivity index (χ2n) is 5.80. The molecule has 1 aliphatic rings. The lowest BCUT2D eigenvalue weighted by Crippen LogP contribution is -2.37. The third kappa shape index (κ3) is 2.34. The van der Waals surface area contributed by atoms with Gasteiger partial charge in [-0.25, -0.2) is 0 Å². The summed E-state index contributed by atoms with van der Waals surface area (Å²) < 4.78 is 5.66. The van der Waals surface area contributed by atoms with Gasteiger partial charge in [0.1, 0.15) is 28.2 Å². The van der Waals surface area contributed by atoms with E-state index in [0.717, 1.165) is 6.54 Å². The number of phenolic OH excluding ortho intramolecular Hbond substituents is 2. The molecule has 2 aromatic rings. The molecule has 1 aliphatic heterocycles. The van der Waals surface area contributed by atoms with Crippen LogP contribution in [0.3, 0.4) is 0 Å².